The van der Waals surface area contributed by atoms with E-state index in [2.05, 4.69) is 0 Å². The van der Waals surface area contributed by atoms with Gasteiger partial charge in [-0.2, -0.15) is 0 Å². The Morgan fingerprint density at radius 1 is 1.38 bits per heavy atom. The van der Waals surface area contributed by atoms with Crippen LogP contribution >= 0.6 is 0 Å². The van der Waals surface area contributed by atoms with Crippen LogP contribution in [0, 0.1) is 5.92 Å². The Balaban J connectivity index is 2.46. The lowest BCUT2D eigenvalue weighted by molar-refractivity contribution is -0.131. The van der Waals surface area contributed by atoms with Crippen LogP contribution in [0.5, 0.6) is 0 Å². The lowest BCUT2D eigenvalue weighted by Crippen LogP contribution is -2.29. The van der Waals surface area contributed by atoms with Crippen molar-refractivity contribution in [3.8, 4) is 0 Å². The maximum atomic E-state index is 11.8. The Morgan fingerprint density at radius 3 is 2.56 bits per heavy atom. The van der Waals surface area contributed by atoms with E-state index in [0.717, 1.165) is 5.56 Å². The van der Waals surface area contributed by atoms with Crippen molar-refractivity contribution in [3.05, 3.63) is 35.9 Å². The van der Waals surface area contributed by atoms with Gasteiger partial charge in [-0.15, -0.1) is 0 Å². The Kier molecular flexibility index (Phi) is 4.99. The van der Waals surface area contributed by atoms with E-state index in [0.29, 0.717) is 19.5 Å². The summed E-state index contributed by atoms with van der Waals surface area (Å²) in [5, 5.41) is 0. The summed E-state index contributed by atoms with van der Waals surface area (Å²) in [6, 6.07) is 9.99. The summed E-state index contributed by atoms with van der Waals surface area (Å²) in [6.45, 7) is 3.22. The molecule has 3 heteroatoms. The summed E-state index contributed by atoms with van der Waals surface area (Å²) in [4.78, 5) is 13.5. The van der Waals surface area contributed by atoms with Gasteiger partial charge in [0.05, 0.1) is 0 Å². The molecule has 1 atom stereocenters. The molecule has 0 aliphatic carbocycles. The molecule has 0 heterocycles. The third-order valence-corrected chi connectivity index (χ3v) is 2.61. The predicted octanol–water partition coefficient (Wildman–Crippen LogP) is 1.63. The number of nitrogens with two attached hydrogens (primary N) is 1. The fraction of sp³-hybridized carbons (Fsp3) is 0.462. The molecule has 1 aromatic carbocycles. The molecule has 1 rings (SSSR count). The average Bonchev–Trinajstić information content (AvgIpc) is 2.30. The Hall–Kier alpha value is -1.35. The zero-order valence-electron chi connectivity index (χ0n) is 10.0. The molecular weight excluding hydrogens is 200 g/mol. The summed E-state index contributed by atoms with van der Waals surface area (Å²) in [5.74, 6) is 0.410. The molecule has 0 saturated heterocycles. The molecule has 0 aliphatic rings. The number of rotatable bonds is 5. The molecule has 0 aromatic heterocycles. The average molecular weight is 220 g/mol. The van der Waals surface area contributed by atoms with E-state index in [-0.39, 0.29) is 11.8 Å². The first-order valence-electron chi connectivity index (χ1n) is 5.61. The van der Waals surface area contributed by atoms with E-state index in [9.17, 15) is 4.79 Å². The molecule has 0 bridgehead atoms. The highest BCUT2D eigenvalue weighted by Crippen LogP contribution is 2.07. The lowest BCUT2D eigenvalue weighted by atomic mass is 10.1. The number of carbonyl (C=O) groups excluding carboxylic acids is 1. The van der Waals surface area contributed by atoms with Crippen molar-refractivity contribution in [2.24, 2.45) is 11.7 Å². The highest BCUT2D eigenvalue weighted by molar-refractivity contribution is 5.76. The topological polar surface area (TPSA) is 46.3 Å². The van der Waals surface area contributed by atoms with Crippen molar-refractivity contribution < 1.29 is 4.79 Å². The first-order chi connectivity index (χ1) is 7.63. The van der Waals surface area contributed by atoms with Crippen molar-refractivity contribution in [2.45, 2.75) is 19.9 Å². The Bertz CT molecular complexity index is 324. The van der Waals surface area contributed by atoms with Crippen LogP contribution in [0.25, 0.3) is 0 Å². The SMILES string of the molecule is CC(CN)CC(=O)N(C)Cc1ccccc1. The van der Waals surface area contributed by atoms with Crippen LogP contribution in [-0.4, -0.2) is 24.4 Å². The molecule has 16 heavy (non-hydrogen) atoms. The van der Waals surface area contributed by atoms with Gasteiger partial charge in [0.2, 0.25) is 5.91 Å². The van der Waals surface area contributed by atoms with Gasteiger partial charge >= 0.3 is 0 Å². The number of benzene rings is 1. The fourth-order valence-corrected chi connectivity index (χ4v) is 1.48. The second-order valence-corrected chi connectivity index (χ2v) is 4.28. The summed E-state index contributed by atoms with van der Waals surface area (Å²) < 4.78 is 0. The molecule has 2 N–H and O–H groups in total. The number of hydrogen-bond acceptors (Lipinski definition) is 2. The van der Waals surface area contributed by atoms with Crippen molar-refractivity contribution in [2.75, 3.05) is 13.6 Å². The zero-order chi connectivity index (χ0) is 12.0. The highest BCUT2D eigenvalue weighted by atomic mass is 16.2. The van der Waals surface area contributed by atoms with Crippen LogP contribution in [0.15, 0.2) is 30.3 Å². The summed E-state index contributed by atoms with van der Waals surface area (Å²) >= 11 is 0. The van der Waals surface area contributed by atoms with Gasteiger partial charge in [-0.25, -0.2) is 0 Å². The van der Waals surface area contributed by atoms with Crippen molar-refractivity contribution in [3.63, 3.8) is 0 Å². The molecule has 0 fully saturated rings. The first-order valence-corrected chi connectivity index (χ1v) is 5.61. The van der Waals surface area contributed by atoms with E-state index < -0.39 is 0 Å². The number of hydrogen-bond donors (Lipinski definition) is 1. The van der Waals surface area contributed by atoms with Gasteiger partial charge in [0.15, 0.2) is 0 Å². The van der Waals surface area contributed by atoms with Gasteiger partial charge in [0.25, 0.3) is 0 Å². The van der Waals surface area contributed by atoms with Gasteiger partial charge in [-0.3, -0.25) is 4.79 Å². The van der Waals surface area contributed by atoms with Gasteiger partial charge in [0, 0.05) is 20.0 Å². The number of amides is 1. The van der Waals surface area contributed by atoms with Crippen LogP contribution in [0.3, 0.4) is 0 Å². The summed E-state index contributed by atoms with van der Waals surface area (Å²) in [5.41, 5.74) is 6.65. The maximum Gasteiger partial charge on any atom is 0.222 e. The normalized spacial score (nSPS) is 12.2. The molecule has 0 aliphatic heterocycles. The second-order valence-electron chi connectivity index (χ2n) is 4.28. The second kappa shape index (κ2) is 6.28. The maximum absolute atomic E-state index is 11.8. The van der Waals surface area contributed by atoms with Crippen LogP contribution in [0.4, 0.5) is 0 Å². The molecule has 1 unspecified atom stereocenters. The highest BCUT2D eigenvalue weighted by Gasteiger charge is 2.12. The van der Waals surface area contributed by atoms with E-state index in [1.54, 1.807) is 4.90 Å². The van der Waals surface area contributed by atoms with Crippen LogP contribution in [0.1, 0.15) is 18.9 Å². The molecule has 3 nitrogen and oxygen atoms in total. The molecule has 1 amide bonds. The molecule has 1 aromatic rings. The molecular formula is C13H20N2O. The van der Waals surface area contributed by atoms with E-state index in [1.807, 2.05) is 44.3 Å². The van der Waals surface area contributed by atoms with Gasteiger partial charge in [-0.1, -0.05) is 37.3 Å². The van der Waals surface area contributed by atoms with Crippen LogP contribution in [0.2, 0.25) is 0 Å². The molecule has 0 saturated carbocycles. The van der Waals surface area contributed by atoms with Gasteiger partial charge < -0.3 is 10.6 Å². The molecule has 0 radical (unpaired) electrons. The molecule has 88 valence electrons. The minimum Gasteiger partial charge on any atom is -0.341 e. The van der Waals surface area contributed by atoms with Crippen LogP contribution in [-0.2, 0) is 11.3 Å². The largest absolute Gasteiger partial charge is 0.341 e. The smallest absolute Gasteiger partial charge is 0.222 e. The van der Waals surface area contributed by atoms with E-state index in [1.165, 1.54) is 0 Å². The summed E-state index contributed by atoms with van der Waals surface area (Å²) in [7, 11) is 1.83. The van der Waals surface area contributed by atoms with Crippen molar-refractivity contribution >= 4 is 5.91 Å². The minimum absolute atomic E-state index is 0.154. The minimum atomic E-state index is 0.154. The number of carbonyl (C=O) groups is 1. The molecule has 0 spiro atoms. The monoisotopic (exact) mass is 220 g/mol. The van der Waals surface area contributed by atoms with Gasteiger partial charge in [-0.05, 0) is 18.0 Å². The zero-order valence-corrected chi connectivity index (χ0v) is 10.0. The summed E-state index contributed by atoms with van der Waals surface area (Å²) in [6.07, 6.45) is 0.528. The quantitative estimate of drug-likeness (QED) is 0.819. The van der Waals surface area contributed by atoms with Crippen molar-refractivity contribution in [1.29, 1.82) is 0 Å². The van der Waals surface area contributed by atoms with E-state index in [4.69, 9.17) is 5.73 Å². The lowest BCUT2D eigenvalue weighted by Gasteiger charge is -2.19. The first kappa shape index (κ1) is 12.7. The Labute approximate surface area is 97.2 Å². The third kappa shape index (κ3) is 4.03. The van der Waals surface area contributed by atoms with Crippen molar-refractivity contribution in [1.82, 2.24) is 4.90 Å². The van der Waals surface area contributed by atoms with Crippen LogP contribution < -0.4 is 5.73 Å². The fourth-order valence-electron chi connectivity index (χ4n) is 1.48. The Morgan fingerprint density at radius 2 is 2.00 bits per heavy atom. The van der Waals surface area contributed by atoms with E-state index >= 15 is 0 Å². The van der Waals surface area contributed by atoms with Gasteiger partial charge in [0.1, 0.15) is 0 Å². The third-order valence-electron chi connectivity index (χ3n) is 2.61. The standard InChI is InChI=1S/C13H20N2O/c1-11(9-14)8-13(16)15(2)10-12-6-4-3-5-7-12/h3-7,11H,8-10,14H2,1-2H3. The number of nitrogens with zero attached hydrogens (tertiary/aromatic N) is 1. The predicted molar refractivity (Wildman–Crippen MR) is 65.8 cm³/mol.